The van der Waals surface area contributed by atoms with Crippen molar-refractivity contribution in [3.63, 3.8) is 0 Å². The van der Waals surface area contributed by atoms with Gasteiger partial charge in [-0.25, -0.2) is 4.39 Å². The molecule has 0 aromatic heterocycles. The maximum Gasteiger partial charge on any atom is 0.306 e. The van der Waals surface area contributed by atoms with Crippen LogP contribution in [-0.2, 0) is 9.59 Å². The van der Waals surface area contributed by atoms with Crippen molar-refractivity contribution in [2.45, 2.75) is 29.4 Å². The monoisotopic (exact) mass is 268 g/mol. The predicted octanol–water partition coefficient (Wildman–Crippen LogP) is 2.74. The maximum absolute atomic E-state index is 13.0. The maximum atomic E-state index is 13.0. The zero-order valence-corrected chi connectivity index (χ0v) is 10.5. The summed E-state index contributed by atoms with van der Waals surface area (Å²) in [6.07, 6.45) is 1.04. The molecule has 0 heterocycles. The van der Waals surface area contributed by atoms with Crippen LogP contribution < -0.4 is 0 Å². The van der Waals surface area contributed by atoms with Gasteiger partial charge in [0, 0.05) is 11.3 Å². The van der Waals surface area contributed by atoms with Gasteiger partial charge in [0.2, 0.25) is 0 Å². The summed E-state index contributed by atoms with van der Waals surface area (Å²) in [5.41, 5.74) is 0. The van der Waals surface area contributed by atoms with Crippen LogP contribution in [0.4, 0.5) is 4.39 Å². The number of ketones is 1. The van der Waals surface area contributed by atoms with Crippen LogP contribution in [0.5, 0.6) is 0 Å². The summed E-state index contributed by atoms with van der Waals surface area (Å²) in [6, 6.07) is 6.01. The van der Waals surface area contributed by atoms with E-state index >= 15 is 0 Å². The van der Waals surface area contributed by atoms with Gasteiger partial charge in [0.15, 0.2) is 0 Å². The Balaban J connectivity index is 2.07. The van der Waals surface area contributed by atoms with Gasteiger partial charge in [0.1, 0.15) is 11.6 Å². The number of carboxylic acid groups (broad SMARTS) is 1. The average Bonchev–Trinajstić information content (AvgIpc) is 2.31. The summed E-state index contributed by atoms with van der Waals surface area (Å²) in [5.74, 6) is -1.61. The normalized spacial score (nSPS) is 23.9. The quantitative estimate of drug-likeness (QED) is 0.915. The van der Waals surface area contributed by atoms with E-state index in [2.05, 4.69) is 0 Å². The number of hydrogen-bond donors (Lipinski definition) is 1. The van der Waals surface area contributed by atoms with Crippen molar-refractivity contribution in [3.05, 3.63) is 30.1 Å². The minimum absolute atomic E-state index is 0.0572. The van der Waals surface area contributed by atoms with Crippen LogP contribution in [0.15, 0.2) is 29.2 Å². The lowest BCUT2D eigenvalue weighted by Gasteiger charge is -2.24. The van der Waals surface area contributed by atoms with E-state index in [1.165, 1.54) is 23.9 Å². The van der Waals surface area contributed by atoms with Crippen LogP contribution in [0.25, 0.3) is 0 Å². The van der Waals surface area contributed by atoms with Gasteiger partial charge in [0.05, 0.1) is 11.2 Å². The van der Waals surface area contributed by atoms with E-state index in [0.29, 0.717) is 24.2 Å². The minimum atomic E-state index is -0.854. The van der Waals surface area contributed by atoms with E-state index in [4.69, 9.17) is 5.11 Å². The van der Waals surface area contributed by atoms with E-state index < -0.39 is 11.9 Å². The average molecular weight is 268 g/mol. The zero-order valence-electron chi connectivity index (χ0n) is 9.64. The molecular weight excluding hydrogens is 255 g/mol. The van der Waals surface area contributed by atoms with Crippen LogP contribution in [0.2, 0.25) is 0 Å². The van der Waals surface area contributed by atoms with E-state index in [0.717, 1.165) is 0 Å². The molecule has 18 heavy (non-hydrogen) atoms. The molecular formula is C13H13FO3S. The Labute approximate surface area is 108 Å². The smallest absolute Gasteiger partial charge is 0.306 e. The third-order valence-corrected chi connectivity index (χ3v) is 4.29. The molecule has 1 fully saturated rings. The number of benzene rings is 1. The fourth-order valence-electron chi connectivity index (χ4n) is 2.03. The van der Waals surface area contributed by atoms with Crippen LogP contribution in [0.1, 0.15) is 19.3 Å². The number of carbonyl (C=O) groups excluding carboxylic acids is 1. The molecule has 0 bridgehead atoms. The largest absolute Gasteiger partial charge is 0.481 e. The zero-order chi connectivity index (χ0) is 13.1. The predicted molar refractivity (Wildman–Crippen MR) is 66.0 cm³/mol. The highest BCUT2D eigenvalue weighted by molar-refractivity contribution is 8.00. The fourth-order valence-corrected chi connectivity index (χ4v) is 3.27. The van der Waals surface area contributed by atoms with Gasteiger partial charge < -0.3 is 5.11 Å². The highest BCUT2D eigenvalue weighted by atomic mass is 32.2. The Morgan fingerprint density at radius 1 is 1.44 bits per heavy atom. The molecule has 1 aromatic rings. The minimum Gasteiger partial charge on any atom is -0.481 e. The summed E-state index contributed by atoms with van der Waals surface area (Å²) in [7, 11) is 0. The van der Waals surface area contributed by atoms with E-state index in [1.54, 1.807) is 12.1 Å². The van der Waals surface area contributed by atoms with Gasteiger partial charge in [0.25, 0.3) is 0 Å². The standard InChI is InChI=1S/C13H13FO3S/c14-9-2-1-3-10(7-9)18-12-6-8(13(16)17)4-5-11(12)15/h1-3,7-8,12H,4-6H2,(H,16,17). The number of halogens is 1. The van der Waals surface area contributed by atoms with Crippen molar-refractivity contribution >= 4 is 23.5 Å². The van der Waals surface area contributed by atoms with E-state index in [-0.39, 0.29) is 16.9 Å². The number of aliphatic carboxylic acids is 1. The molecule has 2 atom stereocenters. The molecule has 0 saturated heterocycles. The van der Waals surface area contributed by atoms with E-state index in [9.17, 15) is 14.0 Å². The molecule has 1 saturated carbocycles. The molecule has 1 aliphatic rings. The van der Waals surface area contributed by atoms with Crippen LogP contribution in [-0.4, -0.2) is 22.1 Å². The van der Waals surface area contributed by atoms with Crippen molar-refractivity contribution in [2.24, 2.45) is 5.92 Å². The van der Waals surface area contributed by atoms with Crippen LogP contribution in [0.3, 0.4) is 0 Å². The SMILES string of the molecule is O=C(O)C1CCC(=O)C(Sc2cccc(F)c2)C1. The number of carboxylic acids is 1. The molecule has 0 spiro atoms. The van der Waals surface area contributed by atoms with Crippen LogP contribution >= 0.6 is 11.8 Å². The van der Waals surface area contributed by atoms with Gasteiger partial charge in [-0.1, -0.05) is 6.07 Å². The highest BCUT2D eigenvalue weighted by Crippen LogP contribution is 2.34. The first-order valence-corrected chi connectivity index (χ1v) is 6.62. The Bertz CT molecular complexity index is 475. The summed E-state index contributed by atoms with van der Waals surface area (Å²) < 4.78 is 13.0. The van der Waals surface area contributed by atoms with Crippen molar-refractivity contribution in [3.8, 4) is 0 Å². The Hall–Kier alpha value is -1.36. The number of Topliss-reactive ketones (excluding diaryl/α,β-unsaturated/α-hetero) is 1. The lowest BCUT2D eigenvalue weighted by molar-refractivity contribution is -0.143. The lowest BCUT2D eigenvalue weighted by Crippen LogP contribution is -2.31. The van der Waals surface area contributed by atoms with Crippen molar-refractivity contribution in [1.82, 2.24) is 0 Å². The van der Waals surface area contributed by atoms with Gasteiger partial charge in [-0.05, 0) is 31.0 Å². The summed E-state index contributed by atoms with van der Waals surface area (Å²) in [5, 5.41) is 8.60. The Morgan fingerprint density at radius 3 is 2.89 bits per heavy atom. The van der Waals surface area contributed by atoms with Gasteiger partial charge in [-0.3, -0.25) is 9.59 Å². The van der Waals surface area contributed by atoms with Crippen molar-refractivity contribution in [1.29, 1.82) is 0 Å². The first-order valence-electron chi connectivity index (χ1n) is 5.74. The van der Waals surface area contributed by atoms with Crippen molar-refractivity contribution < 1.29 is 19.1 Å². The number of carbonyl (C=O) groups is 2. The first-order chi connectivity index (χ1) is 8.56. The molecule has 5 heteroatoms. The molecule has 1 aromatic carbocycles. The second-order valence-corrected chi connectivity index (χ2v) is 5.62. The molecule has 1 N–H and O–H groups in total. The number of rotatable bonds is 3. The molecule has 3 nitrogen and oxygen atoms in total. The third-order valence-electron chi connectivity index (χ3n) is 3.02. The second kappa shape index (κ2) is 5.52. The molecule has 0 radical (unpaired) electrons. The van der Waals surface area contributed by atoms with E-state index in [1.807, 2.05) is 0 Å². The number of thioether (sulfide) groups is 1. The summed E-state index contributed by atoms with van der Waals surface area (Å²) in [6.45, 7) is 0. The first kappa shape index (κ1) is 13.1. The molecule has 2 rings (SSSR count). The molecule has 2 unspecified atom stereocenters. The Kier molecular flexibility index (Phi) is 4.01. The van der Waals surface area contributed by atoms with Gasteiger partial charge in [-0.2, -0.15) is 0 Å². The lowest BCUT2D eigenvalue weighted by atomic mass is 9.88. The third kappa shape index (κ3) is 3.10. The summed E-state index contributed by atoms with van der Waals surface area (Å²) in [4.78, 5) is 23.3. The molecule has 0 aliphatic heterocycles. The topological polar surface area (TPSA) is 54.4 Å². The fraction of sp³-hybridized carbons (Fsp3) is 0.385. The highest BCUT2D eigenvalue weighted by Gasteiger charge is 2.33. The molecule has 96 valence electrons. The molecule has 1 aliphatic carbocycles. The Morgan fingerprint density at radius 2 is 2.22 bits per heavy atom. The molecule has 0 amide bonds. The second-order valence-electron chi connectivity index (χ2n) is 4.34. The van der Waals surface area contributed by atoms with Gasteiger partial charge in [-0.15, -0.1) is 11.8 Å². The van der Waals surface area contributed by atoms with Gasteiger partial charge >= 0.3 is 5.97 Å². The van der Waals surface area contributed by atoms with Crippen molar-refractivity contribution in [2.75, 3.05) is 0 Å². The van der Waals surface area contributed by atoms with Crippen LogP contribution in [0, 0.1) is 11.7 Å². The number of hydrogen-bond acceptors (Lipinski definition) is 3. The summed E-state index contributed by atoms with van der Waals surface area (Å²) >= 11 is 1.26.